The van der Waals surface area contributed by atoms with E-state index in [1.165, 1.54) is 0 Å². The van der Waals surface area contributed by atoms with E-state index in [0.29, 0.717) is 19.6 Å². The molecule has 140 valence electrons. The topological polar surface area (TPSA) is 54.3 Å². The van der Waals surface area contributed by atoms with E-state index >= 15 is 0 Å². The van der Waals surface area contributed by atoms with Gasteiger partial charge in [-0.3, -0.25) is 5.01 Å². The Morgan fingerprint density at radius 3 is 2.43 bits per heavy atom. The molecule has 28 heavy (non-hydrogen) atoms. The van der Waals surface area contributed by atoms with Gasteiger partial charge in [0.1, 0.15) is 19.0 Å². The number of para-hydroxylation sites is 2. The van der Waals surface area contributed by atoms with Crippen molar-refractivity contribution in [3.8, 4) is 17.2 Å². The van der Waals surface area contributed by atoms with Crippen LogP contribution in [0.5, 0.6) is 17.2 Å². The van der Waals surface area contributed by atoms with Crippen molar-refractivity contribution in [1.82, 2.24) is 0 Å². The number of fused-ring (bicyclic) bond motifs is 1. The van der Waals surface area contributed by atoms with E-state index in [1.54, 1.807) is 6.07 Å². The fourth-order valence-electron chi connectivity index (χ4n) is 3.74. The van der Waals surface area contributed by atoms with Crippen molar-refractivity contribution in [3.63, 3.8) is 0 Å². The monoisotopic (exact) mass is 372 g/mol. The minimum absolute atomic E-state index is 0.00725. The second kappa shape index (κ2) is 6.93. The van der Waals surface area contributed by atoms with Gasteiger partial charge in [-0.05, 0) is 42.0 Å². The van der Waals surface area contributed by atoms with Crippen LogP contribution >= 0.6 is 0 Å². The van der Waals surface area contributed by atoms with Crippen LogP contribution in [0.25, 0.3) is 0 Å². The first kappa shape index (κ1) is 16.7. The lowest BCUT2D eigenvalue weighted by atomic mass is 9.97. The van der Waals surface area contributed by atoms with Gasteiger partial charge in [-0.1, -0.05) is 36.4 Å². The zero-order chi connectivity index (χ0) is 18.9. The van der Waals surface area contributed by atoms with Gasteiger partial charge in [-0.25, -0.2) is 0 Å². The lowest BCUT2D eigenvalue weighted by molar-refractivity contribution is 0.171. The summed E-state index contributed by atoms with van der Waals surface area (Å²) in [7, 11) is 0. The molecule has 0 aromatic heterocycles. The third kappa shape index (κ3) is 2.95. The molecule has 0 amide bonds. The van der Waals surface area contributed by atoms with Gasteiger partial charge in [0, 0.05) is 12.0 Å². The summed E-state index contributed by atoms with van der Waals surface area (Å²) in [6.07, 6.45) is 0.687. The minimum Gasteiger partial charge on any atom is -0.507 e. The van der Waals surface area contributed by atoms with Crippen LogP contribution in [0.4, 0.5) is 5.69 Å². The molecule has 2 aliphatic rings. The van der Waals surface area contributed by atoms with Gasteiger partial charge in [-0.2, -0.15) is 5.10 Å². The molecule has 3 aromatic carbocycles. The molecule has 0 bridgehead atoms. The van der Waals surface area contributed by atoms with Crippen molar-refractivity contribution < 1.29 is 14.6 Å². The Balaban J connectivity index is 1.56. The fourth-order valence-corrected chi connectivity index (χ4v) is 3.74. The maximum Gasteiger partial charge on any atom is 0.161 e. The maximum absolute atomic E-state index is 10.3. The van der Waals surface area contributed by atoms with Crippen molar-refractivity contribution in [2.75, 3.05) is 18.2 Å². The number of benzene rings is 3. The molecule has 1 N–H and O–H groups in total. The number of aromatic hydroxyl groups is 1. The molecule has 0 aliphatic carbocycles. The van der Waals surface area contributed by atoms with Crippen molar-refractivity contribution in [3.05, 3.63) is 83.9 Å². The van der Waals surface area contributed by atoms with E-state index in [2.05, 4.69) is 6.07 Å². The summed E-state index contributed by atoms with van der Waals surface area (Å²) in [6, 6.07) is 23.5. The number of hydrazone groups is 1. The molecule has 5 rings (SSSR count). The first-order valence-electron chi connectivity index (χ1n) is 9.39. The third-order valence-electron chi connectivity index (χ3n) is 5.10. The largest absolute Gasteiger partial charge is 0.507 e. The first-order chi connectivity index (χ1) is 13.8. The Morgan fingerprint density at radius 2 is 1.61 bits per heavy atom. The number of rotatable bonds is 3. The quantitative estimate of drug-likeness (QED) is 0.734. The third-order valence-corrected chi connectivity index (χ3v) is 5.10. The average Bonchev–Trinajstić information content (AvgIpc) is 3.19. The molecule has 5 nitrogen and oxygen atoms in total. The zero-order valence-electron chi connectivity index (χ0n) is 15.3. The van der Waals surface area contributed by atoms with Crippen molar-refractivity contribution in [1.29, 1.82) is 0 Å². The molecule has 5 heteroatoms. The molecular formula is C23H20N2O3. The van der Waals surface area contributed by atoms with E-state index in [-0.39, 0.29) is 11.8 Å². The zero-order valence-corrected chi connectivity index (χ0v) is 15.3. The summed E-state index contributed by atoms with van der Waals surface area (Å²) in [4.78, 5) is 0. The molecule has 2 aliphatic heterocycles. The van der Waals surface area contributed by atoms with Crippen LogP contribution in [0.15, 0.2) is 77.9 Å². The summed E-state index contributed by atoms with van der Waals surface area (Å²) < 4.78 is 11.4. The Bertz CT molecular complexity index is 1030. The first-order valence-corrected chi connectivity index (χ1v) is 9.39. The number of hydrogen-bond donors (Lipinski definition) is 1. The summed E-state index contributed by atoms with van der Waals surface area (Å²) in [6.45, 7) is 1.13. The van der Waals surface area contributed by atoms with E-state index in [9.17, 15) is 5.11 Å². The van der Waals surface area contributed by atoms with E-state index < -0.39 is 0 Å². The van der Waals surface area contributed by atoms with Gasteiger partial charge < -0.3 is 14.6 Å². The van der Waals surface area contributed by atoms with Crippen molar-refractivity contribution in [2.24, 2.45) is 5.10 Å². The Labute approximate surface area is 163 Å². The highest BCUT2D eigenvalue weighted by Crippen LogP contribution is 2.41. The summed E-state index contributed by atoms with van der Waals surface area (Å²) in [5.74, 6) is 1.80. The van der Waals surface area contributed by atoms with Crippen LogP contribution in [0.2, 0.25) is 0 Å². The number of hydrogen-bond acceptors (Lipinski definition) is 5. The molecule has 1 atom stereocenters. The Kier molecular flexibility index (Phi) is 4.13. The number of ether oxygens (including phenoxy) is 2. The second-order valence-electron chi connectivity index (χ2n) is 6.87. The highest BCUT2D eigenvalue weighted by atomic mass is 16.6. The van der Waals surface area contributed by atoms with Gasteiger partial charge >= 0.3 is 0 Å². The van der Waals surface area contributed by atoms with Gasteiger partial charge in [-0.15, -0.1) is 0 Å². The second-order valence-corrected chi connectivity index (χ2v) is 6.87. The predicted octanol–water partition coefficient (Wildman–Crippen LogP) is 4.52. The highest BCUT2D eigenvalue weighted by Gasteiger charge is 2.31. The number of nitrogens with zero attached hydrogens (tertiary/aromatic N) is 2. The molecule has 0 spiro atoms. The normalized spacial score (nSPS) is 18.1. The fraction of sp³-hybridized carbons (Fsp3) is 0.174. The summed E-state index contributed by atoms with van der Waals surface area (Å²) in [5, 5.41) is 17.2. The number of phenols is 1. The molecule has 0 fully saturated rings. The molecule has 2 heterocycles. The molecular weight excluding hydrogens is 352 g/mol. The van der Waals surface area contributed by atoms with Crippen LogP contribution < -0.4 is 14.5 Å². The minimum atomic E-state index is 0.00725. The Morgan fingerprint density at radius 1 is 0.857 bits per heavy atom. The van der Waals surface area contributed by atoms with Gasteiger partial charge in [0.15, 0.2) is 11.5 Å². The Hall–Kier alpha value is -3.47. The predicted molar refractivity (Wildman–Crippen MR) is 108 cm³/mol. The maximum atomic E-state index is 10.3. The standard InChI is InChI=1S/C23H20N2O3/c26-21-9-5-4-8-18(21)19-15-20(25(24-19)17-6-2-1-3-7-17)16-10-11-22-23(14-16)28-13-12-27-22/h1-11,14,20,26H,12-13,15H2. The molecule has 0 saturated carbocycles. The van der Waals surface area contributed by atoms with Crippen LogP contribution in [-0.2, 0) is 0 Å². The van der Waals surface area contributed by atoms with Crippen LogP contribution in [-0.4, -0.2) is 24.0 Å². The molecule has 3 aromatic rings. The van der Waals surface area contributed by atoms with Gasteiger partial charge in [0.05, 0.1) is 17.4 Å². The van der Waals surface area contributed by atoms with Crippen molar-refractivity contribution in [2.45, 2.75) is 12.5 Å². The number of anilines is 1. The van der Waals surface area contributed by atoms with Crippen LogP contribution in [0.1, 0.15) is 23.6 Å². The van der Waals surface area contributed by atoms with Gasteiger partial charge in [0.2, 0.25) is 0 Å². The average molecular weight is 372 g/mol. The lowest BCUT2D eigenvalue weighted by Crippen LogP contribution is -2.20. The smallest absolute Gasteiger partial charge is 0.161 e. The van der Waals surface area contributed by atoms with E-state index in [0.717, 1.165) is 34.0 Å². The van der Waals surface area contributed by atoms with E-state index in [4.69, 9.17) is 14.6 Å². The molecule has 0 saturated heterocycles. The van der Waals surface area contributed by atoms with E-state index in [1.807, 2.05) is 65.7 Å². The summed E-state index contributed by atoms with van der Waals surface area (Å²) in [5.41, 5.74) is 3.74. The lowest BCUT2D eigenvalue weighted by Gasteiger charge is -2.25. The number of phenolic OH excluding ortho intramolecular Hbond substituents is 1. The van der Waals surface area contributed by atoms with Crippen molar-refractivity contribution >= 4 is 11.4 Å². The van der Waals surface area contributed by atoms with Crippen LogP contribution in [0, 0.1) is 0 Å². The summed E-state index contributed by atoms with van der Waals surface area (Å²) >= 11 is 0. The molecule has 1 unspecified atom stereocenters. The SMILES string of the molecule is Oc1ccccc1C1=NN(c2ccccc2)C(c2ccc3c(c2)OCCO3)C1. The highest BCUT2D eigenvalue weighted by molar-refractivity contribution is 6.05. The molecule has 0 radical (unpaired) electrons. The van der Waals surface area contributed by atoms with Gasteiger partial charge in [0.25, 0.3) is 0 Å². The van der Waals surface area contributed by atoms with Crippen LogP contribution in [0.3, 0.4) is 0 Å².